The summed E-state index contributed by atoms with van der Waals surface area (Å²) in [5.74, 6) is 10.6. The first kappa shape index (κ1) is 18.4. The molecule has 0 saturated carbocycles. The Kier molecular flexibility index (Phi) is 8.49. The van der Waals surface area contributed by atoms with Crippen molar-refractivity contribution in [2.45, 2.75) is 37.6 Å². The summed E-state index contributed by atoms with van der Waals surface area (Å²) in [6.45, 7) is 1.45. The number of rotatable bonds is 4. The number of hydrogen-bond donors (Lipinski definition) is 4. The minimum absolute atomic E-state index is 0.0830. The maximum atomic E-state index is 9.73. The van der Waals surface area contributed by atoms with Crippen LogP contribution in [-0.2, 0) is 9.47 Å². The lowest BCUT2D eigenvalue weighted by atomic mass is 9.99. The van der Waals surface area contributed by atoms with Gasteiger partial charge in [-0.1, -0.05) is 24.0 Å². The van der Waals surface area contributed by atoms with Gasteiger partial charge in [-0.25, -0.2) is 0 Å². The Balaban J connectivity index is 2.42. The van der Waals surface area contributed by atoms with Crippen LogP contribution in [0.1, 0.15) is 6.92 Å². The molecule has 1 aliphatic heterocycles. The first-order chi connectivity index (χ1) is 10.6. The van der Waals surface area contributed by atoms with Crippen LogP contribution in [0, 0.1) is 23.7 Å². The number of aliphatic hydroxyl groups is 4. The largest absolute Gasteiger partial charge is 0.394 e. The van der Waals surface area contributed by atoms with Crippen LogP contribution in [0.15, 0.2) is 24.3 Å². The van der Waals surface area contributed by atoms with Crippen LogP contribution in [0.4, 0.5) is 0 Å². The molecule has 0 aliphatic carbocycles. The number of aliphatic hydroxyl groups excluding tert-OH is 4. The van der Waals surface area contributed by atoms with Gasteiger partial charge in [0.25, 0.3) is 0 Å². The molecule has 1 heterocycles. The summed E-state index contributed by atoms with van der Waals surface area (Å²) >= 11 is 0. The van der Waals surface area contributed by atoms with Gasteiger partial charge in [0.05, 0.1) is 13.2 Å². The molecule has 1 saturated heterocycles. The lowest BCUT2D eigenvalue weighted by Gasteiger charge is -2.39. The number of allylic oxidation sites excluding steroid dienone is 3. The van der Waals surface area contributed by atoms with Crippen molar-refractivity contribution in [3.63, 3.8) is 0 Å². The molecule has 0 aromatic carbocycles. The first-order valence-electron chi connectivity index (χ1n) is 6.81. The summed E-state index contributed by atoms with van der Waals surface area (Å²) in [7, 11) is 0. The highest BCUT2D eigenvalue weighted by Gasteiger charge is 2.43. The second-order valence-electron chi connectivity index (χ2n) is 4.47. The van der Waals surface area contributed by atoms with Crippen molar-refractivity contribution in [3.05, 3.63) is 24.3 Å². The van der Waals surface area contributed by atoms with Gasteiger partial charge in [0.15, 0.2) is 6.29 Å². The smallest absolute Gasteiger partial charge is 0.187 e. The van der Waals surface area contributed by atoms with E-state index in [-0.39, 0.29) is 6.61 Å². The van der Waals surface area contributed by atoms with Gasteiger partial charge in [-0.3, -0.25) is 0 Å². The molecular weight excluding hydrogens is 288 g/mol. The minimum atomic E-state index is -1.44. The summed E-state index contributed by atoms with van der Waals surface area (Å²) in [5.41, 5.74) is 0. The molecule has 120 valence electrons. The number of ether oxygens (including phenoxy) is 2. The van der Waals surface area contributed by atoms with Gasteiger partial charge in [0, 0.05) is 0 Å². The zero-order valence-corrected chi connectivity index (χ0v) is 12.2. The monoisotopic (exact) mass is 308 g/mol. The van der Waals surface area contributed by atoms with E-state index >= 15 is 0 Å². The molecule has 0 aromatic rings. The summed E-state index contributed by atoms with van der Waals surface area (Å²) < 4.78 is 10.4. The van der Waals surface area contributed by atoms with Crippen molar-refractivity contribution in [1.29, 1.82) is 0 Å². The average molecular weight is 308 g/mol. The maximum absolute atomic E-state index is 9.73. The molecule has 0 unspecified atom stereocenters. The predicted octanol–water partition coefficient (Wildman–Crippen LogP) is -1.06. The van der Waals surface area contributed by atoms with E-state index in [2.05, 4.69) is 23.7 Å². The lowest BCUT2D eigenvalue weighted by molar-refractivity contribution is -0.298. The molecule has 0 bridgehead atoms. The maximum Gasteiger partial charge on any atom is 0.187 e. The van der Waals surface area contributed by atoms with Gasteiger partial charge < -0.3 is 29.9 Å². The Morgan fingerprint density at radius 3 is 2.36 bits per heavy atom. The van der Waals surface area contributed by atoms with E-state index in [4.69, 9.17) is 14.6 Å². The van der Waals surface area contributed by atoms with Gasteiger partial charge in [0.2, 0.25) is 0 Å². The summed E-state index contributed by atoms with van der Waals surface area (Å²) in [4.78, 5) is 0. The van der Waals surface area contributed by atoms with Gasteiger partial charge in [-0.15, -0.1) is 0 Å². The highest BCUT2D eigenvalue weighted by Crippen LogP contribution is 2.21. The third kappa shape index (κ3) is 5.63. The number of hydrogen-bond acceptors (Lipinski definition) is 6. The molecule has 6 heteroatoms. The highest BCUT2D eigenvalue weighted by atomic mass is 16.7. The SMILES string of the molecule is CC=CC#CC#CC=CCO[C@@H]1O[C@H](CO)[C@@H](O)[C@H](O)[C@H]1O. The van der Waals surface area contributed by atoms with Crippen LogP contribution in [-0.4, -0.2) is 64.3 Å². The zero-order chi connectivity index (χ0) is 16.4. The molecule has 6 nitrogen and oxygen atoms in total. The molecule has 22 heavy (non-hydrogen) atoms. The van der Waals surface area contributed by atoms with E-state index in [1.807, 2.05) is 6.92 Å². The van der Waals surface area contributed by atoms with Crippen LogP contribution >= 0.6 is 0 Å². The third-order valence-corrected chi connectivity index (χ3v) is 2.86. The highest BCUT2D eigenvalue weighted by molar-refractivity contribution is 5.33. The summed E-state index contributed by atoms with van der Waals surface area (Å²) in [5, 5.41) is 37.9. The van der Waals surface area contributed by atoms with Crippen molar-refractivity contribution in [2.75, 3.05) is 13.2 Å². The molecule has 1 aliphatic rings. The van der Waals surface area contributed by atoms with Crippen LogP contribution in [0.2, 0.25) is 0 Å². The van der Waals surface area contributed by atoms with Crippen molar-refractivity contribution >= 4 is 0 Å². The molecule has 5 atom stereocenters. The Bertz CT molecular complexity index is 502. The average Bonchev–Trinajstić information content (AvgIpc) is 2.53. The second-order valence-corrected chi connectivity index (χ2v) is 4.47. The molecule has 0 amide bonds. The molecule has 1 rings (SSSR count). The standard InChI is InChI=1S/C16H20O6/c1-2-3-4-5-6-7-8-9-10-21-16-15(20)14(19)13(18)12(11-17)22-16/h2-3,8-9,12-20H,10-11H2,1H3/t12-,13-,14+,15-,16-/m1/s1. The fraction of sp³-hybridized carbons (Fsp3) is 0.500. The van der Waals surface area contributed by atoms with Gasteiger partial charge in [-0.05, 0) is 30.9 Å². The Hall–Kier alpha value is -1.64. The van der Waals surface area contributed by atoms with Crippen molar-refractivity contribution < 1.29 is 29.9 Å². The van der Waals surface area contributed by atoms with E-state index in [1.165, 1.54) is 6.08 Å². The molecule has 0 radical (unpaired) electrons. The fourth-order valence-electron chi connectivity index (χ4n) is 1.70. The Morgan fingerprint density at radius 1 is 1.05 bits per heavy atom. The third-order valence-electron chi connectivity index (χ3n) is 2.86. The molecule has 1 fully saturated rings. The van der Waals surface area contributed by atoms with Crippen molar-refractivity contribution in [2.24, 2.45) is 0 Å². The van der Waals surface area contributed by atoms with Crippen molar-refractivity contribution in [3.8, 4) is 23.7 Å². The zero-order valence-electron chi connectivity index (χ0n) is 12.2. The van der Waals surface area contributed by atoms with Crippen molar-refractivity contribution in [1.82, 2.24) is 0 Å². The van der Waals surface area contributed by atoms with Crippen LogP contribution in [0.25, 0.3) is 0 Å². The fourth-order valence-corrected chi connectivity index (χ4v) is 1.70. The Labute approximate surface area is 129 Å². The molecule has 4 N–H and O–H groups in total. The first-order valence-corrected chi connectivity index (χ1v) is 6.81. The van der Waals surface area contributed by atoms with E-state index in [0.717, 1.165) is 0 Å². The minimum Gasteiger partial charge on any atom is -0.394 e. The normalized spacial score (nSPS) is 31.6. The van der Waals surface area contributed by atoms with E-state index in [1.54, 1.807) is 18.2 Å². The lowest BCUT2D eigenvalue weighted by Crippen LogP contribution is -2.59. The topological polar surface area (TPSA) is 99.4 Å². The molecular formula is C16H20O6. The van der Waals surface area contributed by atoms with Crippen LogP contribution < -0.4 is 0 Å². The molecule has 0 aromatic heterocycles. The predicted molar refractivity (Wildman–Crippen MR) is 79.2 cm³/mol. The molecule has 0 spiro atoms. The quantitative estimate of drug-likeness (QED) is 0.494. The van der Waals surface area contributed by atoms with Gasteiger partial charge >= 0.3 is 0 Å². The second kappa shape index (κ2) is 10.1. The van der Waals surface area contributed by atoms with Crippen LogP contribution in [0.5, 0.6) is 0 Å². The van der Waals surface area contributed by atoms with E-state index < -0.39 is 37.3 Å². The van der Waals surface area contributed by atoms with E-state index in [0.29, 0.717) is 0 Å². The van der Waals surface area contributed by atoms with Gasteiger partial charge in [0.1, 0.15) is 24.4 Å². The van der Waals surface area contributed by atoms with E-state index in [9.17, 15) is 15.3 Å². The summed E-state index contributed by atoms with van der Waals surface area (Å²) in [6, 6.07) is 0. The Morgan fingerprint density at radius 2 is 1.73 bits per heavy atom. The summed E-state index contributed by atoms with van der Waals surface area (Å²) in [6.07, 6.45) is 0.263. The van der Waals surface area contributed by atoms with Crippen LogP contribution in [0.3, 0.4) is 0 Å². The van der Waals surface area contributed by atoms with Gasteiger partial charge in [-0.2, -0.15) is 0 Å².